The fourth-order valence-electron chi connectivity index (χ4n) is 2.07. The molecule has 1 amide bonds. The maximum absolute atomic E-state index is 12.1. The van der Waals surface area contributed by atoms with E-state index in [9.17, 15) is 4.79 Å². The monoisotopic (exact) mass is 338 g/mol. The Morgan fingerprint density at radius 1 is 1.55 bits per heavy atom. The lowest BCUT2D eigenvalue weighted by molar-refractivity contribution is -0.121. The number of carbonyl (C=O) groups is 1. The van der Waals surface area contributed by atoms with Gasteiger partial charge in [0, 0.05) is 17.6 Å². The van der Waals surface area contributed by atoms with E-state index in [1.807, 2.05) is 18.2 Å². The summed E-state index contributed by atoms with van der Waals surface area (Å²) in [6.45, 7) is 8.45. The van der Waals surface area contributed by atoms with Crippen molar-refractivity contribution in [2.24, 2.45) is 0 Å². The van der Waals surface area contributed by atoms with Crippen molar-refractivity contribution in [2.45, 2.75) is 13.3 Å². The normalized spacial score (nSPS) is 13.9. The molecule has 0 saturated carbocycles. The molecule has 0 bridgehead atoms. The maximum atomic E-state index is 12.1. The molecule has 0 atom stereocenters. The lowest BCUT2D eigenvalue weighted by atomic mass is 10.2. The molecule has 5 heteroatoms. The van der Waals surface area contributed by atoms with E-state index >= 15 is 0 Å². The zero-order valence-corrected chi connectivity index (χ0v) is 13.2. The first-order valence-electron chi connectivity index (χ1n) is 6.72. The standard InChI is InChI=1S/C15H19BrN2O2/c1-3-6-17-8-11(2)9-18-13-7-12(16)4-5-14(13)20-10-15(18)19/h4-5,7,17H,2-3,6,8-10H2,1H3. The van der Waals surface area contributed by atoms with Gasteiger partial charge in [0.25, 0.3) is 5.91 Å². The summed E-state index contributed by atoms with van der Waals surface area (Å²) in [7, 11) is 0. The molecular weight excluding hydrogens is 320 g/mol. The predicted octanol–water partition coefficient (Wildman–Crippen LogP) is 2.73. The molecule has 1 aromatic carbocycles. The van der Waals surface area contributed by atoms with Crippen LogP contribution in [0.2, 0.25) is 0 Å². The van der Waals surface area contributed by atoms with E-state index in [0.29, 0.717) is 6.54 Å². The quantitative estimate of drug-likeness (QED) is 0.640. The van der Waals surface area contributed by atoms with Crippen molar-refractivity contribution in [3.05, 3.63) is 34.8 Å². The molecule has 1 aromatic rings. The van der Waals surface area contributed by atoms with Gasteiger partial charge in [0.2, 0.25) is 0 Å². The SMILES string of the molecule is C=C(CNCCC)CN1C(=O)COc2ccc(Br)cc21. The van der Waals surface area contributed by atoms with E-state index in [-0.39, 0.29) is 12.5 Å². The Kier molecular flexibility index (Phi) is 5.20. The molecule has 0 spiro atoms. The van der Waals surface area contributed by atoms with Crippen LogP contribution in [-0.4, -0.2) is 32.1 Å². The highest BCUT2D eigenvalue weighted by Crippen LogP contribution is 2.34. The summed E-state index contributed by atoms with van der Waals surface area (Å²) in [5.74, 6) is 0.703. The van der Waals surface area contributed by atoms with Crippen LogP contribution in [0.25, 0.3) is 0 Å². The average Bonchev–Trinajstić information content (AvgIpc) is 2.42. The fraction of sp³-hybridized carbons (Fsp3) is 0.400. The molecule has 0 radical (unpaired) electrons. The lowest BCUT2D eigenvalue weighted by Gasteiger charge is -2.30. The molecule has 0 saturated heterocycles. The summed E-state index contributed by atoms with van der Waals surface area (Å²) in [4.78, 5) is 13.8. The topological polar surface area (TPSA) is 41.6 Å². The van der Waals surface area contributed by atoms with E-state index in [1.54, 1.807) is 4.90 Å². The minimum atomic E-state index is -0.0350. The second-order valence-corrected chi connectivity index (χ2v) is 5.72. The number of anilines is 1. The summed E-state index contributed by atoms with van der Waals surface area (Å²) >= 11 is 3.43. The highest BCUT2D eigenvalue weighted by atomic mass is 79.9. The number of nitrogens with one attached hydrogen (secondary N) is 1. The molecule has 0 unspecified atom stereocenters. The number of fused-ring (bicyclic) bond motifs is 1. The van der Waals surface area contributed by atoms with E-state index < -0.39 is 0 Å². The van der Waals surface area contributed by atoms with E-state index in [2.05, 4.69) is 34.7 Å². The molecule has 108 valence electrons. The van der Waals surface area contributed by atoms with E-state index in [0.717, 1.165) is 41.0 Å². The average molecular weight is 339 g/mol. The van der Waals surface area contributed by atoms with Crippen molar-refractivity contribution in [1.29, 1.82) is 0 Å². The molecule has 4 nitrogen and oxygen atoms in total. The Labute approximate surface area is 127 Å². The third-order valence-corrected chi connectivity index (χ3v) is 3.54. The zero-order chi connectivity index (χ0) is 14.5. The molecule has 0 fully saturated rings. The van der Waals surface area contributed by atoms with E-state index in [1.165, 1.54) is 0 Å². The molecular formula is C15H19BrN2O2. The van der Waals surface area contributed by atoms with Crippen LogP contribution in [0.4, 0.5) is 5.69 Å². The van der Waals surface area contributed by atoms with Crippen molar-refractivity contribution >= 4 is 27.5 Å². The first-order chi connectivity index (χ1) is 9.61. The van der Waals surface area contributed by atoms with Crippen LogP contribution in [0.5, 0.6) is 5.75 Å². The predicted molar refractivity (Wildman–Crippen MR) is 84.3 cm³/mol. The Hall–Kier alpha value is -1.33. The number of halogens is 1. The van der Waals surface area contributed by atoms with Gasteiger partial charge in [-0.05, 0) is 36.7 Å². The third kappa shape index (κ3) is 3.61. The summed E-state index contributed by atoms with van der Waals surface area (Å²) in [6.07, 6.45) is 1.08. The first kappa shape index (κ1) is 15.1. The Bertz CT molecular complexity index is 517. The van der Waals surface area contributed by atoms with Gasteiger partial charge in [0.15, 0.2) is 6.61 Å². The van der Waals surface area contributed by atoms with Gasteiger partial charge >= 0.3 is 0 Å². The number of benzene rings is 1. The number of nitrogens with zero attached hydrogens (tertiary/aromatic N) is 1. The Morgan fingerprint density at radius 2 is 2.35 bits per heavy atom. The van der Waals surface area contributed by atoms with Crippen LogP contribution in [-0.2, 0) is 4.79 Å². The van der Waals surface area contributed by atoms with Gasteiger partial charge in [-0.2, -0.15) is 0 Å². The van der Waals surface area contributed by atoms with Crippen LogP contribution < -0.4 is 15.0 Å². The van der Waals surface area contributed by atoms with Crippen molar-refractivity contribution in [3.63, 3.8) is 0 Å². The summed E-state index contributed by atoms with van der Waals surface area (Å²) in [5, 5.41) is 3.30. The Morgan fingerprint density at radius 3 is 3.10 bits per heavy atom. The minimum absolute atomic E-state index is 0.0350. The fourth-order valence-corrected chi connectivity index (χ4v) is 2.42. The van der Waals surface area contributed by atoms with Crippen LogP contribution in [0, 0.1) is 0 Å². The van der Waals surface area contributed by atoms with Crippen molar-refractivity contribution in [3.8, 4) is 5.75 Å². The van der Waals surface area contributed by atoms with E-state index in [4.69, 9.17) is 4.74 Å². The van der Waals surface area contributed by atoms with Crippen molar-refractivity contribution in [2.75, 3.05) is 31.1 Å². The molecule has 20 heavy (non-hydrogen) atoms. The van der Waals surface area contributed by atoms with Gasteiger partial charge in [0.05, 0.1) is 5.69 Å². The van der Waals surface area contributed by atoms with Crippen LogP contribution in [0.1, 0.15) is 13.3 Å². The number of hydrogen-bond acceptors (Lipinski definition) is 3. The summed E-state index contributed by atoms with van der Waals surface area (Å²) < 4.78 is 6.37. The molecule has 0 aliphatic carbocycles. The number of amides is 1. The van der Waals surface area contributed by atoms with Crippen LogP contribution in [0.15, 0.2) is 34.8 Å². The van der Waals surface area contributed by atoms with Crippen molar-refractivity contribution < 1.29 is 9.53 Å². The van der Waals surface area contributed by atoms with Gasteiger partial charge < -0.3 is 15.0 Å². The number of carbonyl (C=O) groups excluding carboxylic acids is 1. The van der Waals surface area contributed by atoms with Crippen LogP contribution in [0.3, 0.4) is 0 Å². The molecule has 0 aromatic heterocycles. The van der Waals surface area contributed by atoms with Gasteiger partial charge in [-0.25, -0.2) is 0 Å². The second-order valence-electron chi connectivity index (χ2n) is 4.81. The van der Waals surface area contributed by atoms with Gasteiger partial charge in [-0.1, -0.05) is 29.4 Å². The molecule has 1 N–H and O–H groups in total. The summed E-state index contributed by atoms with van der Waals surface area (Å²) in [5.41, 5.74) is 1.78. The lowest BCUT2D eigenvalue weighted by Crippen LogP contribution is -2.41. The van der Waals surface area contributed by atoms with Gasteiger partial charge in [0.1, 0.15) is 5.75 Å². The van der Waals surface area contributed by atoms with Crippen molar-refractivity contribution in [1.82, 2.24) is 5.32 Å². The summed E-state index contributed by atoms with van der Waals surface area (Å²) in [6, 6.07) is 5.68. The molecule has 1 heterocycles. The van der Waals surface area contributed by atoms with Gasteiger partial charge in [-0.15, -0.1) is 0 Å². The minimum Gasteiger partial charge on any atom is -0.482 e. The molecule has 2 rings (SSSR count). The number of ether oxygens (including phenoxy) is 1. The largest absolute Gasteiger partial charge is 0.482 e. The highest BCUT2D eigenvalue weighted by molar-refractivity contribution is 9.10. The number of rotatable bonds is 6. The maximum Gasteiger partial charge on any atom is 0.265 e. The first-order valence-corrected chi connectivity index (χ1v) is 7.51. The number of hydrogen-bond donors (Lipinski definition) is 1. The smallest absolute Gasteiger partial charge is 0.265 e. The Balaban J connectivity index is 2.09. The second kappa shape index (κ2) is 6.90. The third-order valence-electron chi connectivity index (χ3n) is 3.05. The molecule has 1 aliphatic rings. The van der Waals surface area contributed by atoms with Gasteiger partial charge in [-0.3, -0.25) is 4.79 Å². The zero-order valence-electron chi connectivity index (χ0n) is 11.6. The van der Waals surface area contributed by atoms with Crippen LogP contribution >= 0.6 is 15.9 Å². The molecule has 1 aliphatic heterocycles. The highest BCUT2D eigenvalue weighted by Gasteiger charge is 2.25.